The molecule has 9 heteroatoms. The fourth-order valence-electron chi connectivity index (χ4n) is 5.86. The van der Waals surface area contributed by atoms with Crippen molar-refractivity contribution in [1.29, 1.82) is 0 Å². The molecule has 2 aromatic heterocycles. The van der Waals surface area contributed by atoms with E-state index in [1.54, 1.807) is 11.5 Å². The molecule has 0 aliphatic carbocycles. The quantitative estimate of drug-likeness (QED) is 0.132. The Morgan fingerprint density at radius 1 is 0.978 bits per heavy atom. The van der Waals surface area contributed by atoms with E-state index in [1.165, 1.54) is 20.5 Å². The highest BCUT2D eigenvalue weighted by atomic mass is 127. The van der Waals surface area contributed by atoms with Crippen molar-refractivity contribution < 1.29 is 14.3 Å². The van der Waals surface area contributed by atoms with Crippen LogP contribution in [0.2, 0.25) is 0 Å². The number of rotatable bonds is 8. The van der Waals surface area contributed by atoms with Crippen molar-refractivity contribution in [2.24, 2.45) is 4.99 Å². The summed E-state index contributed by atoms with van der Waals surface area (Å²) in [5, 5.41) is 0. The summed E-state index contributed by atoms with van der Waals surface area (Å²) in [5.41, 5.74) is 7.49. The first-order valence-electron chi connectivity index (χ1n) is 15.2. The van der Waals surface area contributed by atoms with Crippen molar-refractivity contribution in [1.82, 2.24) is 9.13 Å². The summed E-state index contributed by atoms with van der Waals surface area (Å²) in [6.45, 7) is 10.7. The molecule has 46 heavy (non-hydrogen) atoms. The molecule has 0 saturated heterocycles. The van der Waals surface area contributed by atoms with E-state index in [4.69, 9.17) is 14.5 Å². The molecule has 1 aliphatic rings. The number of aromatic nitrogens is 2. The molecule has 0 saturated carbocycles. The van der Waals surface area contributed by atoms with Crippen molar-refractivity contribution in [2.75, 3.05) is 13.2 Å². The number of hydrogen-bond donors (Lipinski definition) is 0. The summed E-state index contributed by atoms with van der Waals surface area (Å²) in [7, 11) is 0. The molecular weight excluding hydrogens is 709 g/mol. The lowest BCUT2D eigenvalue weighted by Crippen LogP contribution is -2.40. The molecule has 1 aliphatic heterocycles. The minimum absolute atomic E-state index is 0.195. The first-order chi connectivity index (χ1) is 22.2. The third-order valence-electron chi connectivity index (χ3n) is 8.05. The molecule has 0 spiro atoms. The monoisotopic (exact) mass is 743 g/mol. The van der Waals surface area contributed by atoms with Crippen LogP contribution < -0.4 is 19.6 Å². The van der Waals surface area contributed by atoms with Crippen LogP contribution in [0.5, 0.6) is 5.75 Å². The predicted molar refractivity (Wildman–Crippen MR) is 191 cm³/mol. The van der Waals surface area contributed by atoms with Gasteiger partial charge in [-0.2, -0.15) is 0 Å². The van der Waals surface area contributed by atoms with Crippen molar-refractivity contribution in [2.45, 2.75) is 40.7 Å². The van der Waals surface area contributed by atoms with Crippen molar-refractivity contribution in [3.05, 3.63) is 141 Å². The third kappa shape index (κ3) is 5.89. The zero-order chi connectivity index (χ0) is 32.5. The van der Waals surface area contributed by atoms with Crippen LogP contribution in [-0.2, 0) is 9.53 Å². The van der Waals surface area contributed by atoms with Crippen LogP contribution in [-0.4, -0.2) is 28.3 Å². The van der Waals surface area contributed by atoms with Gasteiger partial charge in [0.05, 0.1) is 35.1 Å². The normalized spacial score (nSPS) is 14.7. The molecule has 0 amide bonds. The molecule has 0 unspecified atom stereocenters. The number of esters is 1. The van der Waals surface area contributed by atoms with Crippen LogP contribution in [0.1, 0.15) is 53.5 Å². The lowest BCUT2D eigenvalue weighted by molar-refractivity contribution is -0.138. The van der Waals surface area contributed by atoms with Crippen LogP contribution in [0.25, 0.3) is 17.5 Å². The number of ether oxygens (including phenoxy) is 2. The molecule has 3 aromatic carbocycles. The minimum atomic E-state index is -0.745. The highest BCUT2D eigenvalue weighted by Gasteiger charge is 2.35. The Bertz CT molecular complexity index is 2160. The Morgan fingerprint density at radius 2 is 1.72 bits per heavy atom. The number of aryl methyl sites for hydroxylation is 2. The molecule has 7 nitrogen and oxygen atoms in total. The Kier molecular flexibility index (Phi) is 9.15. The van der Waals surface area contributed by atoms with Crippen molar-refractivity contribution in [3.63, 3.8) is 0 Å². The highest BCUT2D eigenvalue weighted by molar-refractivity contribution is 14.1. The largest absolute Gasteiger partial charge is 0.494 e. The SMILES string of the molecule is CCOC(=O)C1=C(c2ccccc2)N=c2s/c(=C\c3cc(C)n(-c4ccc(C)c(I)c4)c3C)c(=O)n2[C@@H]1c1ccc(OCC)cc1. The van der Waals surface area contributed by atoms with Gasteiger partial charge in [-0.25, -0.2) is 9.79 Å². The molecule has 1 atom stereocenters. The predicted octanol–water partition coefficient (Wildman–Crippen LogP) is 6.65. The molecular formula is C37H34IN3O4S. The summed E-state index contributed by atoms with van der Waals surface area (Å²) in [5.74, 6) is 0.205. The van der Waals surface area contributed by atoms with Gasteiger partial charge < -0.3 is 14.0 Å². The maximum atomic E-state index is 14.4. The van der Waals surface area contributed by atoms with Crippen molar-refractivity contribution in [3.8, 4) is 11.4 Å². The number of carbonyl (C=O) groups excluding carboxylic acids is 1. The van der Waals surface area contributed by atoms with E-state index >= 15 is 0 Å². The fraction of sp³-hybridized carbons (Fsp3) is 0.216. The molecule has 0 bridgehead atoms. The van der Waals surface area contributed by atoms with Crippen LogP contribution in [0.4, 0.5) is 0 Å². The van der Waals surface area contributed by atoms with Crippen LogP contribution in [0.3, 0.4) is 0 Å². The Morgan fingerprint density at radius 3 is 2.39 bits per heavy atom. The molecule has 0 N–H and O–H groups in total. The van der Waals surface area contributed by atoms with Gasteiger partial charge in [-0.1, -0.05) is 59.9 Å². The number of fused-ring (bicyclic) bond motifs is 1. The van der Waals surface area contributed by atoms with E-state index < -0.39 is 12.0 Å². The zero-order valence-corrected chi connectivity index (χ0v) is 29.3. The third-order valence-corrected chi connectivity index (χ3v) is 10.2. The van der Waals surface area contributed by atoms with E-state index in [9.17, 15) is 9.59 Å². The van der Waals surface area contributed by atoms with Gasteiger partial charge >= 0.3 is 5.97 Å². The van der Waals surface area contributed by atoms with Gasteiger partial charge in [0.15, 0.2) is 4.80 Å². The molecule has 0 radical (unpaired) electrons. The van der Waals surface area contributed by atoms with Gasteiger partial charge in [0.1, 0.15) is 5.75 Å². The number of nitrogens with zero attached hydrogens (tertiary/aromatic N) is 3. The average molecular weight is 744 g/mol. The topological polar surface area (TPSA) is 74.8 Å². The van der Waals surface area contributed by atoms with Crippen LogP contribution in [0.15, 0.2) is 94.2 Å². The van der Waals surface area contributed by atoms with Gasteiger partial charge in [-0.05, 0) is 110 Å². The second-order valence-electron chi connectivity index (χ2n) is 11.0. The number of thiazole rings is 1. The van der Waals surface area contributed by atoms with Gasteiger partial charge in [-0.15, -0.1) is 0 Å². The summed E-state index contributed by atoms with van der Waals surface area (Å²) < 4.78 is 16.8. The maximum absolute atomic E-state index is 14.4. The standard InChI is InChI=1S/C37H34IN3O4S/c1-6-44-29-17-14-26(15-18-29)34-32(36(43)45-7-2)33(25-11-9-8-10-12-25)39-37-41(34)35(42)31(46-37)20-27-19-23(4)40(24(27)5)28-16-13-22(3)30(38)21-28/h8-21,34H,6-7H2,1-5H3/b31-20-/t34-/m1/s1. The average Bonchev–Trinajstić information content (AvgIpc) is 3.52. The summed E-state index contributed by atoms with van der Waals surface area (Å²) in [6.07, 6.45) is 1.94. The molecule has 234 valence electrons. The molecule has 0 fully saturated rings. The van der Waals surface area contributed by atoms with E-state index in [2.05, 4.69) is 72.2 Å². The van der Waals surface area contributed by atoms with E-state index in [1.807, 2.05) is 67.6 Å². The summed E-state index contributed by atoms with van der Waals surface area (Å²) in [4.78, 5) is 33.6. The van der Waals surface area contributed by atoms with Gasteiger partial charge in [0.25, 0.3) is 5.56 Å². The second kappa shape index (κ2) is 13.3. The zero-order valence-electron chi connectivity index (χ0n) is 26.3. The number of benzene rings is 3. The minimum Gasteiger partial charge on any atom is -0.494 e. The number of halogens is 1. The summed E-state index contributed by atoms with van der Waals surface area (Å²) in [6, 6.07) is 24.9. The fourth-order valence-corrected chi connectivity index (χ4v) is 7.35. The lowest BCUT2D eigenvalue weighted by atomic mass is 9.93. The molecule has 3 heterocycles. The van der Waals surface area contributed by atoms with Crippen molar-refractivity contribution >= 4 is 51.7 Å². The van der Waals surface area contributed by atoms with Gasteiger partial charge in [-0.3, -0.25) is 9.36 Å². The number of hydrogen-bond acceptors (Lipinski definition) is 6. The first-order valence-corrected chi connectivity index (χ1v) is 17.1. The van der Waals surface area contributed by atoms with Crippen LogP contribution >= 0.6 is 33.9 Å². The highest BCUT2D eigenvalue weighted by Crippen LogP contribution is 2.36. The van der Waals surface area contributed by atoms with Gasteiger partial charge in [0.2, 0.25) is 0 Å². The van der Waals surface area contributed by atoms with E-state index in [0.717, 1.165) is 33.8 Å². The summed E-state index contributed by atoms with van der Waals surface area (Å²) >= 11 is 3.68. The van der Waals surface area contributed by atoms with Gasteiger partial charge in [0, 0.05) is 26.2 Å². The maximum Gasteiger partial charge on any atom is 0.338 e. The van der Waals surface area contributed by atoms with E-state index in [-0.39, 0.29) is 12.2 Å². The number of carbonyl (C=O) groups is 1. The molecule has 6 rings (SSSR count). The lowest BCUT2D eigenvalue weighted by Gasteiger charge is -2.26. The first kappa shape index (κ1) is 31.7. The van der Waals surface area contributed by atoms with Crippen LogP contribution in [0, 0.1) is 24.3 Å². The van der Waals surface area contributed by atoms with E-state index in [0.29, 0.717) is 33.0 Å². The smallest absolute Gasteiger partial charge is 0.338 e. The Balaban J connectivity index is 1.58. The second-order valence-corrected chi connectivity index (χ2v) is 13.2. The Labute approximate surface area is 285 Å². The Hall–Kier alpha value is -4.22. The molecule has 5 aromatic rings.